The zero-order valence-corrected chi connectivity index (χ0v) is 10.8. The molecule has 1 atom stereocenters. The number of rotatable bonds is 0. The summed E-state index contributed by atoms with van der Waals surface area (Å²) in [4.78, 5) is 1.04. The van der Waals surface area contributed by atoms with Crippen LogP contribution in [0.5, 0.6) is 0 Å². The summed E-state index contributed by atoms with van der Waals surface area (Å²) in [6, 6.07) is 3.52. The predicted molar refractivity (Wildman–Crippen MR) is 67.5 cm³/mol. The molecule has 0 bridgehead atoms. The summed E-state index contributed by atoms with van der Waals surface area (Å²) < 4.78 is 14.0. The Morgan fingerprint density at radius 3 is 3.14 bits per heavy atom. The Morgan fingerprint density at radius 1 is 1.57 bits per heavy atom. The van der Waals surface area contributed by atoms with E-state index in [0.29, 0.717) is 8.82 Å². The lowest BCUT2D eigenvalue weighted by Crippen LogP contribution is -2.03. The van der Waals surface area contributed by atoms with Crippen LogP contribution >= 0.6 is 34.4 Å². The molecule has 0 amide bonds. The first-order valence-electron chi connectivity index (χ1n) is 4.56. The molecule has 1 aromatic rings. The highest BCUT2D eigenvalue weighted by atomic mass is 127. The minimum Gasteiger partial charge on any atom is -0.384 e. The smallest absolute Gasteiger partial charge is 0.137 e. The van der Waals surface area contributed by atoms with Gasteiger partial charge in [0, 0.05) is 22.4 Å². The number of anilines is 1. The van der Waals surface area contributed by atoms with Gasteiger partial charge in [-0.05, 0) is 41.1 Å². The molecule has 0 aliphatic carbocycles. The van der Waals surface area contributed by atoms with Crippen LogP contribution < -0.4 is 5.32 Å². The van der Waals surface area contributed by atoms with Gasteiger partial charge in [-0.15, -0.1) is 11.8 Å². The van der Waals surface area contributed by atoms with E-state index in [0.717, 1.165) is 23.5 Å². The molecular weight excluding hydrogens is 312 g/mol. The third-order valence-electron chi connectivity index (χ3n) is 2.22. The Hall–Kier alpha value is 0.0300. The van der Waals surface area contributed by atoms with Gasteiger partial charge in [0.1, 0.15) is 5.82 Å². The van der Waals surface area contributed by atoms with Gasteiger partial charge in [0.2, 0.25) is 0 Å². The summed E-state index contributed by atoms with van der Waals surface area (Å²) in [6.07, 6.45) is 1.12. The topological polar surface area (TPSA) is 12.0 Å². The van der Waals surface area contributed by atoms with E-state index in [2.05, 4.69) is 12.2 Å². The first-order chi connectivity index (χ1) is 6.66. The summed E-state index contributed by atoms with van der Waals surface area (Å²) in [6.45, 7) is 3.15. The Bertz CT molecular complexity index is 356. The second-order valence-corrected chi connectivity index (χ2v) is 6.05. The minimum atomic E-state index is -0.118. The maximum absolute atomic E-state index is 13.3. The largest absolute Gasteiger partial charge is 0.384 e. The van der Waals surface area contributed by atoms with Crippen molar-refractivity contribution < 1.29 is 4.39 Å². The lowest BCUT2D eigenvalue weighted by molar-refractivity contribution is 0.617. The summed E-state index contributed by atoms with van der Waals surface area (Å²) in [5, 5.41) is 3.89. The van der Waals surface area contributed by atoms with Gasteiger partial charge >= 0.3 is 0 Å². The zero-order chi connectivity index (χ0) is 10.1. The van der Waals surface area contributed by atoms with E-state index >= 15 is 0 Å². The Kier molecular flexibility index (Phi) is 3.21. The van der Waals surface area contributed by atoms with Crippen molar-refractivity contribution in [1.82, 2.24) is 0 Å². The van der Waals surface area contributed by atoms with Crippen LogP contribution in [0.4, 0.5) is 10.1 Å². The molecule has 0 radical (unpaired) electrons. The molecule has 1 unspecified atom stereocenters. The molecule has 76 valence electrons. The lowest BCUT2D eigenvalue weighted by Gasteiger charge is -2.08. The molecule has 4 heteroatoms. The van der Waals surface area contributed by atoms with Crippen molar-refractivity contribution in [2.45, 2.75) is 23.5 Å². The molecular formula is C10H11FINS. The van der Waals surface area contributed by atoms with Crippen LogP contribution in [-0.4, -0.2) is 11.8 Å². The molecule has 0 spiro atoms. The van der Waals surface area contributed by atoms with Crippen molar-refractivity contribution in [2.75, 3.05) is 11.9 Å². The molecule has 1 aliphatic heterocycles. The monoisotopic (exact) mass is 323 g/mol. The first-order valence-corrected chi connectivity index (χ1v) is 6.52. The van der Waals surface area contributed by atoms with Gasteiger partial charge in [-0.2, -0.15) is 0 Å². The van der Waals surface area contributed by atoms with Gasteiger partial charge < -0.3 is 5.32 Å². The molecule has 1 heterocycles. The summed E-state index contributed by atoms with van der Waals surface area (Å²) >= 11 is 3.77. The fraction of sp³-hybridized carbons (Fsp3) is 0.400. The maximum Gasteiger partial charge on any atom is 0.137 e. The fourth-order valence-electron chi connectivity index (χ4n) is 1.45. The first kappa shape index (κ1) is 10.5. The Labute approximate surface area is 101 Å². The molecule has 0 saturated heterocycles. The summed E-state index contributed by atoms with van der Waals surface area (Å²) in [5.41, 5.74) is 1.07. The highest BCUT2D eigenvalue weighted by Gasteiger charge is 2.15. The Balaban J connectivity index is 2.41. The average molecular weight is 323 g/mol. The van der Waals surface area contributed by atoms with E-state index in [1.165, 1.54) is 0 Å². The molecule has 0 aromatic heterocycles. The SMILES string of the molecule is CC1CCNc2cc(I)c(F)cc2S1. The minimum absolute atomic E-state index is 0.118. The van der Waals surface area contributed by atoms with Gasteiger partial charge in [0.15, 0.2) is 0 Å². The maximum atomic E-state index is 13.3. The van der Waals surface area contributed by atoms with Crippen LogP contribution in [0.25, 0.3) is 0 Å². The van der Waals surface area contributed by atoms with Crippen molar-refractivity contribution in [1.29, 1.82) is 0 Å². The summed E-state index contributed by atoms with van der Waals surface area (Å²) in [7, 11) is 0. The van der Waals surface area contributed by atoms with Crippen molar-refractivity contribution in [2.24, 2.45) is 0 Å². The molecule has 1 N–H and O–H groups in total. The second kappa shape index (κ2) is 4.26. The predicted octanol–water partition coefficient (Wildman–Crippen LogP) is 3.73. The number of nitrogens with one attached hydrogen (secondary N) is 1. The van der Waals surface area contributed by atoms with Crippen LogP contribution in [0.15, 0.2) is 17.0 Å². The molecule has 1 aromatic carbocycles. The normalized spacial score (nSPS) is 20.9. The number of hydrogen-bond donors (Lipinski definition) is 1. The van der Waals surface area contributed by atoms with Crippen LogP contribution in [0, 0.1) is 9.39 Å². The highest BCUT2D eigenvalue weighted by Crippen LogP contribution is 2.36. The van der Waals surface area contributed by atoms with Gasteiger partial charge in [-0.25, -0.2) is 4.39 Å². The molecule has 14 heavy (non-hydrogen) atoms. The number of thioether (sulfide) groups is 1. The van der Waals surface area contributed by atoms with Crippen molar-refractivity contribution in [3.63, 3.8) is 0 Å². The van der Waals surface area contributed by atoms with E-state index < -0.39 is 0 Å². The highest BCUT2D eigenvalue weighted by molar-refractivity contribution is 14.1. The summed E-state index contributed by atoms with van der Waals surface area (Å²) in [5.74, 6) is -0.118. The number of benzene rings is 1. The van der Waals surface area contributed by atoms with Crippen molar-refractivity contribution in [3.05, 3.63) is 21.5 Å². The number of fused-ring (bicyclic) bond motifs is 1. The quantitative estimate of drug-likeness (QED) is 0.730. The van der Waals surface area contributed by atoms with E-state index in [1.54, 1.807) is 17.8 Å². The molecule has 1 aliphatic rings. The van der Waals surface area contributed by atoms with E-state index in [1.807, 2.05) is 28.7 Å². The standard InChI is InChI=1S/C10H11FINS/c1-6-2-3-13-9-5-8(12)7(11)4-10(9)14-6/h4-6,13H,2-3H2,1H3. The Morgan fingerprint density at radius 2 is 2.36 bits per heavy atom. The van der Waals surface area contributed by atoms with Crippen LogP contribution in [-0.2, 0) is 0 Å². The molecule has 1 nitrogen and oxygen atoms in total. The van der Waals surface area contributed by atoms with Crippen molar-refractivity contribution in [3.8, 4) is 0 Å². The third-order valence-corrected chi connectivity index (χ3v) is 4.27. The third kappa shape index (κ3) is 2.16. The molecule has 2 rings (SSSR count). The number of halogens is 2. The van der Waals surface area contributed by atoms with Crippen LogP contribution in [0.1, 0.15) is 13.3 Å². The lowest BCUT2D eigenvalue weighted by atomic mass is 10.3. The van der Waals surface area contributed by atoms with Crippen molar-refractivity contribution >= 4 is 40.0 Å². The molecule has 0 fully saturated rings. The number of hydrogen-bond acceptors (Lipinski definition) is 2. The van der Waals surface area contributed by atoms with E-state index in [9.17, 15) is 4.39 Å². The van der Waals surface area contributed by atoms with Crippen LogP contribution in [0.2, 0.25) is 0 Å². The average Bonchev–Trinajstić information content (AvgIpc) is 2.28. The second-order valence-electron chi connectivity index (χ2n) is 3.41. The fourth-order valence-corrected chi connectivity index (χ4v) is 3.02. The van der Waals surface area contributed by atoms with E-state index in [-0.39, 0.29) is 5.82 Å². The van der Waals surface area contributed by atoms with E-state index in [4.69, 9.17) is 0 Å². The van der Waals surface area contributed by atoms with Gasteiger partial charge in [0.25, 0.3) is 0 Å². The van der Waals surface area contributed by atoms with Gasteiger partial charge in [-0.3, -0.25) is 0 Å². The zero-order valence-electron chi connectivity index (χ0n) is 7.81. The molecule has 0 saturated carbocycles. The van der Waals surface area contributed by atoms with Gasteiger partial charge in [0.05, 0.1) is 3.57 Å². The van der Waals surface area contributed by atoms with Crippen LogP contribution in [0.3, 0.4) is 0 Å². The van der Waals surface area contributed by atoms with Gasteiger partial charge in [-0.1, -0.05) is 6.92 Å².